The largest absolute Gasteiger partial charge is 0.493 e. The Morgan fingerprint density at radius 1 is 0.907 bits per heavy atom. The van der Waals surface area contributed by atoms with Gasteiger partial charge in [-0.1, -0.05) is 93.6 Å². The zero-order valence-electron chi connectivity index (χ0n) is 26.2. The number of carbonyl (C=O) groups excluding carboxylic acids is 2. The average molecular weight is 580 g/mol. The zero-order valence-corrected chi connectivity index (χ0v) is 26.2. The molecule has 43 heavy (non-hydrogen) atoms. The summed E-state index contributed by atoms with van der Waals surface area (Å²) in [6.45, 7) is 10.6. The van der Waals surface area contributed by atoms with Crippen LogP contribution in [-0.4, -0.2) is 67.0 Å². The Morgan fingerprint density at radius 3 is 2.28 bits per heavy atom. The van der Waals surface area contributed by atoms with Gasteiger partial charge in [-0.15, -0.1) is 0 Å². The number of nitrogens with one attached hydrogen (secondary N) is 1. The van der Waals surface area contributed by atoms with Gasteiger partial charge < -0.3 is 19.9 Å². The van der Waals surface area contributed by atoms with Gasteiger partial charge in [0.1, 0.15) is 5.75 Å². The predicted octanol–water partition coefficient (Wildman–Crippen LogP) is 5.65. The normalized spacial score (nSPS) is 18.4. The molecule has 2 heterocycles. The molecular weight excluding hydrogens is 534 g/mol. The second-order valence-corrected chi connectivity index (χ2v) is 12.9. The van der Waals surface area contributed by atoms with Crippen molar-refractivity contribution in [3.05, 3.63) is 107 Å². The Hall–Kier alpha value is -3.90. The van der Waals surface area contributed by atoms with Gasteiger partial charge in [0.05, 0.1) is 12.6 Å². The fourth-order valence-electron chi connectivity index (χ4n) is 6.24. The number of hydrogen-bond acceptors (Lipinski definition) is 4. The van der Waals surface area contributed by atoms with Crippen LogP contribution in [-0.2, 0) is 27.8 Å². The fraction of sp³-hybridized carbons (Fsp3) is 0.405. The van der Waals surface area contributed by atoms with E-state index in [0.29, 0.717) is 32.7 Å². The third-order valence-electron chi connectivity index (χ3n) is 8.65. The maximum atomic E-state index is 14.0. The Balaban J connectivity index is 1.34. The molecule has 0 saturated carbocycles. The molecule has 1 N–H and O–H groups in total. The topological polar surface area (TPSA) is 61.9 Å². The number of para-hydroxylation sites is 1. The standard InChI is InChI=1S/C37H45N3O3/c1-26(41)40-24-30-23-31(35(33(25-40)38-30)36(42)39(5)21-19-27-11-7-6-8-12-27)29-17-15-28(16-18-29)20-22-43-34-14-10-9-13-32(34)37(2,3)4/h6-18,30,33,38H,19-25H2,1-5H3. The number of ether oxygens (including phenoxy) is 1. The van der Waals surface area contributed by atoms with E-state index in [-0.39, 0.29) is 29.3 Å². The summed E-state index contributed by atoms with van der Waals surface area (Å²) in [6.07, 6.45) is 2.30. The number of fused-ring (bicyclic) bond motifs is 2. The molecule has 1 fully saturated rings. The molecule has 5 rings (SSSR count). The molecule has 226 valence electrons. The van der Waals surface area contributed by atoms with Crippen LogP contribution in [0, 0.1) is 0 Å². The molecular formula is C37H45N3O3. The van der Waals surface area contributed by atoms with Crippen molar-refractivity contribution in [2.24, 2.45) is 0 Å². The molecule has 2 bridgehead atoms. The van der Waals surface area contributed by atoms with Crippen molar-refractivity contribution in [3.63, 3.8) is 0 Å². The van der Waals surface area contributed by atoms with Crippen molar-refractivity contribution in [2.75, 3.05) is 33.3 Å². The van der Waals surface area contributed by atoms with Gasteiger partial charge >= 0.3 is 0 Å². The van der Waals surface area contributed by atoms with Crippen LogP contribution < -0.4 is 10.1 Å². The number of nitrogens with zero attached hydrogens (tertiary/aromatic N) is 2. The number of rotatable bonds is 9. The maximum absolute atomic E-state index is 14.0. The van der Waals surface area contributed by atoms with Crippen LogP contribution >= 0.6 is 0 Å². The zero-order chi connectivity index (χ0) is 30.6. The van der Waals surface area contributed by atoms with E-state index in [4.69, 9.17) is 4.74 Å². The number of piperazine rings is 1. The first kappa shape index (κ1) is 30.6. The first-order valence-corrected chi connectivity index (χ1v) is 15.5. The number of carbonyl (C=O) groups is 2. The van der Waals surface area contributed by atoms with Gasteiger partial charge in [-0.05, 0) is 52.1 Å². The third kappa shape index (κ3) is 7.37. The highest BCUT2D eigenvalue weighted by atomic mass is 16.5. The van der Waals surface area contributed by atoms with E-state index in [2.05, 4.69) is 74.6 Å². The SMILES string of the molecule is CC(=O)N1CC2CC(c3ccc(CCOc4ccccc4C(C)(C)C)cc3)=C(C(=O)N(C)CCc3ccccc3)C(C1)N2. The van der Waals surface area contributed by atoms with E-state index in [0.717, 1.165) is 35.3 Å². The Bertz CT molecular complexity index is 1460. The average Bonchev–Trinajstić information content (AvgIpc) is 2.99. The number of benzene rings is 3. The molecule has 0 spiro atoms. The Morgan fingerprint density at radius 2 is 1.58 bits per heavy atom. The van der Waals surface area contributed by atoms with Gasteiger partial charge in [0, 0.05) is 51.6 Å². The minimum atomic E-state index is -0.186. The number of likely N-dealkylation sites (N-methyl/N-ethyl adjacent to an activating group) is 1. The van der Waals surface area contributed by atoms with E-state index in [1.807, 2.05) is 47.2 Å². The van der Waals surface area contributed by atoms with Crippen molar-refractivity contribution in [2.45, 2.75) is 64.5 Å². The van der Waals surface area contributed by atoms with Crippen LogP contribution in [0.25, 0.3) is 5.57 Å². The highest BCUT2D eigenvalue weighted by Crippen LogP contribution is 2.35. The van der Waals surface area contributed by atoms with Gasteiger partial charge in [0.25, 0.3) is 5.91 Å². The first-order chi connectivity index (χ1) is 20.6. The van der Waals surface area contributed by atoms with Crippen molar-refractivity contribution in [1.29, 1.82) is 0 Å². The number of hydrogen-bond donors (Lipinski definition) is 1. The predicted molar refractivity (Wildman–Crippen MR) is 173 cm³/mol. The third-order valence-corrected chi connectivity index (χ3v) is 8.65. The van der Waals surface area contributed by atoms with Gasteiger partial charge in [0.2, 0.25) is 5.91 Å². The molecule has 3 aromatic carbocycles. The van der Waals surface area contributed by atoms with E-state index < -0.39 is 0 Å². The van der Waals surface area contributed by atoms with Crippen LogP contribution in [0.5, 0.6) is 5.75 Å². The van der Waals surface area contributed by atoms with Crippen molar-refractivity contribution >= 4 is 17.4 Å². The lowest BCUT2D eigenvalue weighted by Gasteiger charge is -2.44. The summed E-state index contributed by atoms with van der Waals surface area (Å²) in [5, 5.41) is 3.65. The van der Waals surface area contributed by atoms with E-state index >= 15 is 0 Å². The van der Waals surface area contributed by atoms with Crippen LogP contribution in [0.1, 0.15) is 56.4 Å². The smallest absolute Gasteiger partial charge is 0.251 e. The summed E-state index contributed by atoms with van der Waals surface area (Å²) in [5.74, 6) is 1.03. The Kier molecular flexibility index (Phi) is 9.36. The highest BCUT2D eigenvalue weighted by molar-refractivity contribution is 6.03. The van der Waals surface area contributed by atoms with Crippen LogP contribution in [0.2, 0.25) is 0 Å². The van der Waals surface area contributed by atoms with E-state index in [9.17, 15) is 9.59 Å². The summed E-state index contributed by atoms with van der Waals surface area (Å²) in [7, 11) is 1.88. The fourth-order valence-corrected chi connectivity index (χ4v) is 6.24. The van der Waals surface area contributed by atoms with Gasteiger partial charge in [0.15, 0.2) is 0 Å². The molecule has 2 atom stereocenters. The van der Waals surface area contributed by atoms with Crippen molar-refractivity contribution in [1.82, 2.24) is 15.1 Å². The van der Waals surface area contributed by atoms with Crippen molar-refractivity contribution in [3.8, 4) is 5.75 Å². The van der Waals surface area contributed by atoms with Crippen LogP contribution in [0.3, 0.4) is 0 Å². The van der Waals surface area contributed by atoms with Gasteiger partial charge in [-0.3, -0.25) is 9.59 Å². The quantitative estimate of drug-likeness (QED) is 0.356. The summed E-state index contributed by atoms with van der Waals surface area (Å²) in [4.78, 5) is 30.0. The molecule has 1 saturated heterocycles. The van der Waals surface area contributed by atoms with Crippen LogP contribution in [0.4, 0.5) is 0 Å². The number of amides is 2. The van der Waals surface area contributed by atoms with Crippen LogP contribution in [0.15, 0.2) is 84.4 Å². The molecule has 3 aromatic rings. The second kappa shape index (κ2) is 13.2. The van der Waals surface area contributed by atoms with E-state index in [1.54, 1.807) is 6.92 Å². The van der Waals surface area contributed by atoms with Gasteiger partial charge in [-0.2, -0.15) is 0 Å². The molecule has 6 heteroatoms. The lowest BCUT2D eigenvalue weighted by atomic mass is 9.82. The molecule has 2 amide bonds. The van der Waals surface area contributed by atoms with Gasteiger partial charge in [-0.25, -0.2) is 0 Å². The molecule has 2 aliphatic rings. The Labute approximate surface area is 256 Å². The minimum Gasteiger partial charge on any atom is -0.493 e. The molecule has 0 aromatic heterocycles. The summed E-state index contributed by atoms with van der Waals surface area (Å²) < 4.78 is 6.22. The maximum Gasteiger partial charge on any atom is 0.251 e. The second-order valence-electron chi connectivity index (χ2n) is 12.9. The first-order valence-electron chi connectivity index (χ1n) is 15.5. The molecule has 0 aliphatic carbocycles. The minimum absolute atomic E-state index is 0.0192. The summed E-state index contributed by atoms with van der Waals surface area (Å²) >= 11 is 0. The lowest BCUT2D eigenvalue weighted by Crippen LogP contribution is -2.61. The molecule has 0 radical (unpaired) electrons. The van der Waals surface area contributed by atoms with Crippen molar-refractivity contribution < 1.29 is 14.3 Å². The monoisotopic (exact) mass is 579 g/mol. The summed E-state index contributed by atoms with van der Waals surface area (Å²) in [5.41, 5.74) is 6.59. The molecule has 2 aliphatic heterocycles. The molecule has 6 nitrogen and oxygen atoms in total. The summed E-state index contributed by atoms with van der Waals surface area (Å²) in [6, 6.07) is 27.1. The molecule has 2 unspecified atom stereocenters. The highest BCUT2D eigenvalue weighted by Gasteiger charge is 2.39. The lowest BCUT2D eigenvalue weighted by molar-refractivity contribution is -0.132. The van der Waals surface area contributed by atoms with E-state index in [1.165, 1.54) is 16.7 Å².